The lowest BCUT2D eigenvalue weighted by atomic mass is 9.97. The molecule has 1 aromatic carbocycles. The van der Waals surface area contributed by atoms with Crippen molar-refractivity contribution in [3.63, 3.8) is 0 Å². The van der Waals surface area contributed by atoms with Crippen molar-refractivity contribution >= 4 is 5.91 Å². The van der Waals surface area contributed by atoms with Gasteiger partial charge in [-0.15, -0.1) is 0 Å². The van der Waals surface area contributed by atoms with Gasteiger partial charge >= 0.3 is 0 Å². The summed E-state index contributed by atoms with van der Waals surface area (Å²) in [4.78, 5) is 32.8. The van der Waals surface area contributed by atoms with Crippen LogP contribution in [0.25, 0.3) is 0 Å². The number of amides is 1. The summed E-state index contributed by atoms with van der Waals surface area (Å²) in [7, 11) is 0. The van der Waals surface area contributed by atoms with Gasteiger partial charge in [0, 0.05) is 25.6 Å². The standard InChI is InChI=1S/C21H20FN3O3/c22-17-7-2-1-5-14(17)11-16-12-23-20(28-16)15-6-4-10-25(13-15)21(27)18-8-3-9-19(26)24-18/h1-3,5,7-9,12,15H,4,6,10-11,13H2,(H,24,26)/t15-/m0/s1. The molecule has 1 atom stereocenters. The monoisotopic (exact) mass is 381 g/mol. The van der Waals surface area contributed by atoms with Gasteiger partial charge in [0.1, 0.15) is 17.3 Å². The Morgan fingerprint density at radius 3 is 2.93 bits per heavy atom. The molecule has 144 valence electrons. The van der Waals surface area contributed by atoms with Crippen LogP contribution in [0.4, 0.5) is 4.39 Å². The van der Waals surface area contributed by atoms with Crippen molar-refractivity contribution in [2.45, 2.75) is 25.2 Å². The number of nitrogens with zero attached hydrogens (tertiary/aromatic N) is 2. The van der Waals surface area contributed by atoms with Gasteiger partial charge in [-0.05, 0) is 30.5 Å². The molecular formula is C21H20FN3O3. The summed E-state index contributed by atoms with van der Waals surface area (Å²) in [6.45, 7) is 1.09. The van der Waals surface area contributed by atoms with Crippen molar-refractivity contribution in [3.05, 3.63) is 87.7 Å². The van der Waals surface area contributed by atoms with E-state index in [9.17, 15) is 14.0 Å². The Balaban J connectivity index is 1.46. The van der Waals surface area contributed by atoms with Gasteiger partial charge in [0.2, 0.25) is 5.56 Å². The van der Waals surface area contributed by atoms with Gasteiger partial charge in [-0.3, -0.25) is 9.59 Å². The molecule has 1 amide bonds. The van der Waals surface area contributed by atoms with Crippen molar-refractivity contribution < 1.29 is 13.6 Å². The smallest absolute Gasteiger partial charge is 0.270 e. The number of nitrogens with one attached hydrogen (secondary N) is 1. The molecule has 0 unspecified atom stereocenters. The highest BCUT2D eigenvalue weighted by molar-refractivity contribution is 5.92. The number of likely N-dealkylation sites (tertiary alicyclic amines) is 1. The van der Waals surface area contributed by atoms with E-state index in [2.05, 4.69) is 9.97 Å². The largest absolute Gasteiger partial charge is 0.445 e. The van der Waals surface area contributed by atoms with Gasteiger partial charge in [-0.2, -0.15) is 0 Å². The Morgan fingerprint density at radius 2 is 2.11 bits per heavy atom. The number of aromatic nitrogens is 2. The van der Waals surface area contributed by atoms with Crippen LogP contribution < -0.4 is 5.56 Å². The summed E-state index contributed by atoms with van der Waals surface area (Å²) < 4.78 is 19.7. The van der Waals surface area contributed by atoms with E-state index >= 15 is 0 Å². The summed E-state index contributed by atoms with van der Waals surface area (Å²) in [6.07, 6.45) is 3.63. The molecule has 0 spiro atoms. The second-order valence-electron chi connectivity index (χ2n) is 6.95. The molecule has 0 saturated carbocycles. The Morgan fingerprint density at radius 1 is 1.25 bits per heavy atom. The minimum absolute atomic E-state index is 0.0255. The molecule has 6 nitrogen and oxygen atoms in total. The van der Waals surface area contributed by atoms with Crippen molar-refractivity contribution in [1.29, 1.82) is 0 Å². The maximum Gasteiger partial charge on any atom is 0.270 e. The topological polar surface area (TPSA) is 79.2 Å². The van der Waals surface area contributed by atoms with Crippen molar-refractivity contribution in [3.8, 4) is 0 Å². The Bertz CT molecular complexity index is 1040. The molecule has 0 radical (unpaired) electrons. The van der Waals surface area contributed by atoms with E-state index < -0.39 is 0 Å². The summed E-state index contributed by atoms with van der Waals surface area (Å²) in [5.74, 6) is 0.649. The van der Waals surface area contributed by atoms with Crippen LogP contribution in [0.5, 0.6) is 0 Å². The molecule has 1 fully saturated rings. The van der Waals surface area contributed by atoms with E-state index in [1.165, 1.54) is 12.1 Å². The number of piperidine rings is 1. The lowest BCUT2D eigenvalue weighted by Crippen LogP contribution is -2.40. The summed E-state index contributed by atoms with van der Waals surface area (Å²) >= 11 is 0. The van der Waals surface area contributed by atoms with E-state index in [0.717, 1.165) is 12.8 Å². The summed E-state index contributed by atoms with van der Waals surface area (Å²) in [5, 5.41) is 0. The van der Waals surface area contributed by atoms with Gasteiger partial charge in [0.25, 0.3) is 5.91 Å². The molecule has 1 aliphatic heterocycles. The number of hydrogen-bond acceptors (Lipinski definition) is 4. The number of pyridine rings is 1. The average Bonchev–Trinajstić information content (AvgIpc) is 3.18. The number of aromatic amines is 1. The maximum absolute atomic E-state index is 13.8. The molecule has 4 rings (SSSR count). The molecule has 1 aliphatic rings. The fourth-order valence-corrected chi connectivity index (χ4v) is 3.53. The van der Waals surface area contributed by atoms with Gasteiger partial charge < -0.3 is 14.3 Å². The highest BCUT2D eigenvalue weighted by Crippen LogP contribution is 2.28. The van der Waals surface area contributed by atoms with Crippen molar-refractivity contribution in [1.82, 2.24) is 14.9 Å². The highest BCUT2D eigenvalue weighted by atomic mass is 19.1. The van der Waals surface area contributed by atoms with E-state index in [1.807, 2.05) is 0 Å². The van der Waals surface area contributed by atoms with E-state index in [0.29, 0.717) is 36.7 Å². The van der Waals surface area contributed by atoms with Crippen LogP contribution in [-0.4, -0.2) is 33.9 Å². The molecule has 1 N–H and O–H groups in total. The molecular weight excluding hydrogens is 361 g/mol. The third kappa shape index (κ3) is 3.88. The molecule has 3 heterocycles. The number of H-pyrrole nitrogens is 1. The van der Waals surface area contributed by atoms with E-state index in [4.69, 9.17) is 4.42 Å². The van der Waals surface area contributed by atoms with Crippen LogP contribution in [0.2, 0.25) is 0 Å². The lowest BCUT2D eigenvalue weighted by molar-refractivity contribution is 0.0691. The first-order valence-electron chi connectivity index (χ1n) is 9.27. The van der Waals surface area contributed by atoms with Crippen LogP contribution >= 0.6 is 0 Å². The van der Waals surface area contributed by atoms with Crippen molar-refractivity contribution in [2.75, 3.05) is 13.1 Å². The SMILES string of the molecule is O=C(c1cccc(=O)[nH]1)N1CCC[C@H](c2ncc(Cc3ccccc3F)o2)C1. The number of hydrogen-bond donors (Lipinski definition) is 1. The number of carbonyl (C=O) groups is 1. The Hall–Kier alpha value is -3.22. The number of benzene rings is 1. The average molecular weight is 381 g/mol. The van der Waals surface area contributed by atoms with Gasteiger partial charge in [-0.1, -0.05) is 24.3 Å². The molecule has 7 heteroatoms. The third-order valence-electron chi connectivity index (χ3n) is 4.95. The third-order valence-corrected chi connectivity index (χ3v) is 4.95. The number of carbonyl (C=O) groups excluding carboxylic acids is 1. The highest BCUT2D eigenvalue weighted by Gasteiger charge is 2.28. The van der Waals surface area contributed by atoms with E-state index in [1.54, 1.807) is 41.4 Å². The molecule has 28 heavy (non-hydrogen) atoms. The number of halogens is 1. The minimum Gasteiger partial charge on any atom is -0.445 e. The number of rotatable bonds is 4. The number of oxazole rings is 1. The van der Waals surface area contributed by atoms with Crippen LogP contribution in [0.15, 0.2) is 57.9 Å². The zero-order chi connectivity index (χ0) is 19.5. The second kappa shape index (κ2) is 7.80. The van der Waals surface area contributed by atoms with Gasteiger partial charge in [0.15, 0.2) is 5.89 Å². The van der Waals surface area contributed by atoms with E-state index in [-0.39, 0.29) is 28.9 Å². The Kier molecular flexibility index (Phi) is 5.06. The molecule has 0 bridgehead atoms. The predicted molar refractivity (Wildman–Crippen MR) is 101 cm³/mol. The van der Waals surface area contributed by atoms with Gasteiger partial charge in [-0.25, -0.2) is 9.37 Å². The molecule has 0 aliphatic carbocycles. The van der Waals surface area contributed by atoms with Crippen LogP contribution in [-0.2, 0) is 6.42 Å². The molecule has 3 aromatic rings. The summed E-state index contributed by atoms with van der Waals surface area (Å²) in [5.41, 5.74) is 0.532. The minimum atomic E-state index is -0.301. The summed E-state index contributed by atoms with van der Waals surface area (Å²) in [6, 6.07) is 11.1. The molecule has 1 saturated heterocycles. The normalized spacial score (nSPS) is 16.9. The quantitative estimate of drug-likeness (QED) is 0.753. The van der Waals surface area contributed by atoms with Crippen LogP contribution in [0.3, 0.4) is 0 Å². The Labute approximate surface area is 161 Å². The zero-order valence-electron chi connectivity index (χ0n) is 15.2. The first kappa shape index (κ1) is 18.2. The van der Waals surface area contributed by atoms with Gasteiger partial charge in [0.05, 0.1) is 12.1 Å². The second-order valence-corrected chi connectivity index (χ2v) is 6.95. The van der Waals surface area contributed by atoms with Crippen molar-refractivity contribution in [2.24, 2.45) is 0 Å². The fourth-order valence-electron chi connectivity index (χ4n) is 3.53. The van der Waals surface area contributed by atoms with Crippen LogP contribution in [0, 0.1) is 5.82 Å². The van der Waals surface area contributed by atoms with Crippen LogP contribution in [0.1, 0.15) is 46.5 Å². The lowest BCUT2D eigenvalue weighted by Gasteiger charge is -2.31. The predicted octanol–water partition coefficient (Wildman–Crippen LogP) is 3.11. The first-order valence-corrected chi connectivity index (χ1v) is 9.27. The zero-order valence-corrected chi connectivity index (χ0v) is 15.2. The molecule has 2 aromatic heterocycles. The first-order chi connectivity index (χ1) is 13.6. The fraction of sp³-hybridized carbons (Fsp3) is 0.286. The maximum atomic E-state index is 13.8.